The van der Waals surface area contributed by atoms with Crippen LogP contribution in [0.25, 0.3) is 11.3 Å². The van der Waals surface area contributed by atoms with Crippen molar-refractivity contribution < 1.29 is 13.2 Å². The second kappa shape index (κ2) is 7.64. The van der Waals surface area contributed by atoms with E-state index < -0.39 is 11.7 Å². The van der Waals surface area contributed by atoms with Crippen molar-refractivity contribution >= 4 is 5.82 Å². The Labute approximate surface area is 183 Å². The zero-order valence-electron chi connectivity index (χ0n) is 17.2. The number of anilines is 1. The molecule has 1 saturated heterocycles. The van der Waals surface area contributed by atoms with Gasteiger partial charge in [0.05, 0.1) is 22.9 Å². The van der Waals surface area contributed by atoms with Crippen LogP contribution in [0.4, 0.5) is 19.0 Å². The van der Waals surface area contributed by atoms with E-state index in [0.717, 1.165) is 61.6 Å². The average molecular weight is 438 g/mol. The van der Waals surface area contributed by atoms with Crippen LogP contribution in [0, 0.1) is 11.3 Å². The summed E-state index contributed by atoms with van der Waals surface area (Å²) in [6, 6.07) is 12.1. The summed E-state index contributed by atoms with van der Waals surface area (Å²) in [5.41, 5.74) is 2.81. The van der Waals surface area contributed by atoms with E-state index in [-0.39, 0.29) is 5.54 Å². The first kappa shape index (κ1) is 20.5. The van der Waals surface area contributed by atoms with E-state index in [4.69, 9.17) is 5.26 Å². The molecule has 1 aliphatic carbocycles. The summed E-state index contributed by atoms with van der Waals surface area (Å²) in [7, 11) is 0. The first-order chi connectivity index (χ1) is 15.4. The monoisotopic (exact) mass is 438 g/mol. The lowest BCUT2D eigenvalue weighted by atomic mass is 10.0. The molecule has 1 spiro atoms. The molecule has 0 radical (unpaired) electrons. The zero-order chi connectivity index (χ0) is 22.3. The fourth-order valence-corrected chi connectivity index (χ4v) is 4.41. The number of alkyl halides is 3. The minimum absolute atomic E-state index is 0.0157. The predicted octanol–water partition coefficient (Wildman–Crippen LogP) is 4.22. The molecular formula is C23H21F3N6. The van der Waals surface area contributed by atoms with Crippen molar-refractivity contribution in [1.29, 1.82) is 5.26 Å². The molecule has 2 fully saturated rings. The molecule has 3 heterocycles. The Morgan fingerprint density at radius 1 is 1.09 bits per heavy atom. The number of piperazine rings is 1. The highest BCUT2D eigenvalue weighted by Gasteiger charge is 2.51. The highest BCUT2D eigenvalue weighted by molar-refractivity contribution is 5.63. The van der Waals surface area contributed by atoms with Gasteiger partial charge < -0.3 is 4.90 Å². The van der Waals surface area contributed by atoms with Crippen molar-refractivity contribution in [3.8, 4) is 17.3 Å². The third kappa shape index (κ3) is 3.82. The summed E-state index contributed by atoms with van der Waals surface area (Å²) >= 11 is 0. The van der Waals surface area contributed by atoms with Gasteiger partial charge >= 0.3 is 6.18 Å². The first-order valence-corrected chi connectivity index (χ1v) is 10.4. The lowest BCUT2D eigenvalue weighted by molar-refractivity contribution is -0.137. The topological polar surface area (TPSA) is 71.8 Å². The predicted molar refractivity (Wildman–Crippen MR) is 113 cm³/mol. The van der Waals surface area contributed by atoms with E-state index in [1.165, 1.54) is 6.07 Å². The first-order valence-electron chi connectivity index (χ1n) is 10.4. The van der Waals surface area contributed by atoms with Crippen LogP contribution >= 0.6 is 0 Å². The molecule has 164 valence electrons. The summed E-state index contributed by atoms with van der Waals surface area (Å²) in [6.45, 7) is 2.97. The van der Waals surface area contributed by atoms with Crippen molar-refractivity contribution in [2.75, 3.05) is 24.5 Å². The number of nitriles is 1. The second-order valence-electron chi connectivity index (χ2n) is 8.42. The molecule has 1 N–H and O–H groups in total. The third-order valence-corrected chi connectivity index (χ3v) is 6.39. The Kier molecular flexibility index (Phi) is 4.90. The van der Waals surface area contributed by atoms with E-state index in [1.54, 1.807) is 12.1 Å². The lowest BCUT2D eigenvalue weighted by Gasteiger charge is -2.42. The lowest BCUT2D eigenvalue weighted by Crippen LogP contribution is -2.54. The quantitative estimate of drug-likeness (QED) is 0.661. The maximum Gasteiger partial charge on any atom is 0.417 e. The second-order valence-corrected chi connectivity index (χ2v) is 8.42. The van der Waals surface area contributed by atoms with Gasteiger partial charge in [0.2, 0.25) is 0 Å². The summed E-state index contributed by atoms with van der Waals surface area (Å²) in [6.07, 6.45) is 0.547. The molecule has 2 aromatic heterocycles. The zero-order valence-corrected chi connectivity index (χ0v) is 17.2. The summed E-state index contributed by atoms with van der Waals surface area (Å²) < 4.78 is 38.5. The van der Waals surface area contributed by atoms with Crippen molar-refractivity contribution in [3.63, 3.8) is 0 Å². The highest BCUT2D eigenvalue weighted by atomic mass is 19.4. The van der Waals surface area contributed by atoms with Gasteiger partial charge in [-0.25, -0.2) is 4.98 Å². The Morgan fingerprint density at radius 2 is 1.88 bits per heavy atom. The highest BCUT2D eigenvalue weighted by Crippen LogP contribution is 2.46. The number of nitrogens with zero attached hydrogens (tertiary/aromatic N) is 5. The largest absolute Gasteiger partial charge is 0.417 e. The molecule has 3 aromatic rings. The third-order valence-electron chi connectivity index (χ3n) is 6.39. The number of pyridine rings is 1. The molecule has 6 nitrogen and oxygen atoms in total. The van der Waals surface area contributed by atoms with Crippen LogP contribution in [0.3, 0.4) is 0 Å². The Hall–Kier alpha value is -3.38. The van der Waals surface area contributed by atoms with Gasteiger partial charge in [-0.3, -0.25) is 10.00 Å². The molecule has 0 bridgehead atoms. The van der Waals surface area contributed by atoms with Crippen molar-refractivity contribution in [2.24, 2.45) is 0 Å². The van der Waals surface area contributed by atoms with Crippen LogP contribution in [-0.2, 0) is 12.7 Å². The van der Waals surface area contributed by atoms with Gasteiger partial charge in [0, 0.05) is 55.2 Å². The van der Waals surface area contributed by atoms with Crippen LogP contribution in [0.5, 0.6) is 0 Å². The van der Waals surface area contributed by atoms with Crippen molar-refractivity contribution in [2.45, 2.75) is 31.1 Å². The average Bonchev–Trinajstić information content (AvgIpc) is 3.41. The fraction of sp³-hybridized carbons (Fsp3) is 0.348. The minimum Gasteiger partial charge on any atom is -0.353 e. The maximum atomic E-state index is 12.8. The Balaban J connectivity index is 1.30. The molecule has 0 unspecified atom stereocenters. The Bertz CT molecular complexity index is 1140. The number of rotatable bonds is 4. The molecule has 1 aromatic carbocycles. The van der Waals surface area contributed by atoms with E-state index in [2.05, 4.69) is 31.1 Å². The SMILES string of the molecule is N#Cc1ccc(-c2n[nH]cc2CN2CCN(c3ccc(C(F)(F)F)cn3)CC23CC3)cc1. The molecule has 2 aliphatic rings. The number of halogens is 3. The number of aromatic nitrogens is 3. The van der Waals surface area contributed by atoms with E-state index in [0.29, 0.717) is 17.9 Å². The van der Waals surface area contributed by atoms with Crippen molar-refractivity contribution in [1.82, 2.24) is 20.1 Å². The smallest absolute Gasteiger partial charge is 0.353 e. The minimum atomic E-state index is -4.38. The molecule has 9 heteroatoms. The van der Waals surface area contributed by atoms with E-state index in [9.17, 15) is 13.2 Å². The van der Waals surface area contributed by atoms with E-state index in [1.807, 2.05) is 18.3 Å². The van der Waals surface area contributed by atoms with E-state index >= 15 is 0 Å². The van der Waals surface area contributed by atoms with Crippen LogP contribution in [0.1, 0.15) is 29.5 Å². The molecule has 0 amide bonds. The summed E-state index contributed by atoms with van der Waals surface area (Å²) in [4.78, 5) is 8.61. The molecule has 5 rings (SSSR count). The number of hydrogen-bond donors (Lipinski definition) is 1. The van der Waals surface area contributed by atoms with Gasteiger partial charge in [-0.05, 0) is 37.1 Å². The number of nitrogens with one attached hydrogen (secondary N) is 1. The summed E-state index contributed by atoms with van der Waals surface area (Å²) in [5.74, 6) is 0.588. The number of H-pyrrole nitrogens is 1. The molecule has 0 atom stereocenters. The van der Waals surface area contributed by atoms with Crippen LogP contribution in [0.15, 0.2) is 48.8 Å². The standard InChI is InChI=1S/C23H21F3N6/c24-23(25,26)19-5-6-20(28-13-19)31-9-10-32(22(15-31)7-8-22)14-18-12-29-30-21(18)17-3-1-16(11-27)2-4-17/h1-6,12-13H,7-10,14-15H2,(H,29,30). The fourth-order valence-electron chi connectivity index (χ4n) is 4.41. The van der Waals surface area contributed by atoms with Gasteiger partial charge in [-0.2, -0.15) is 23.5 Å². The summed E-state index contributed by atoms with van der Waals surface area (Å²) in [5, 5.41) is 16.4. The maximum absolute atomic E-state index is 12.8. The Morgan fingerprint density at radius 3 is 2.50 bits per heavy atom. The number of aromatic amines is 1. The molecule has 32 heavy (non-hydrogen) atoms. The van der Waals surface area contributed by atoms with Gasteiger partial charge in [0.1, 0.15) is 5.82 Å². The molecule has 1 saturated carbocycles. The number of hydrogen-bond acceptors (Lipinski definition) is 5. The normalized spacial score (nSPS) is 18.0. The van der Waals surface area contributed by atoms with Crippen LogP contribution < -0.4 is 4.90 Å². The van der Waals surface area contributed by atoms with Gasteiger partial charge in [-0.15, -0.1) is 0 Å². The van der Waals surface area contributed by atoms with Gasteiger partial charge in [-0.1, -0.05) is 12.1 Å². The van der Waals surface area contributed by atoms with Gasteiger partial charge in [0.15, 0.2) is 0 Å². The number of benzene rings is 1. The van der Waals surface area contributed by atoms with Crippen LogP contribution in [0.2, 0.25) is 0 Å². The van der Waals surface area contributed by atoms with Crippen LogP contribution in [-0.4, -0.2) is 45.3 Å². The molecular weight excluding hydrogens is 417 g/mol. The molecule has 1 aliphatic heterocycles. The van der Waals surface area contributed by atoms with Crippen molar-refractivity contribution in [3.05, 3.63) is 65.5 Å². The van der Waals surface area contributed by atoms with Gasteiger partial charge in [0.25, 0.3) is 0 Å².